The Balaban J connectivity index is 1.41. The minimum Gasteiger partial charge on any atom is -0.481 e. The summed E-state index contributed by atoms with van der Waals surface area (Å²) in [7, 11) is 0. The van der Waals surface area contributed by atoms with Crippen LogP contribution in [0.4, 0.5) is 8.78 Å². The number of rotatable bonds is 24. The highest BCUT2D eigenvalue weighted by atomic mass is 32.2. The second-order valence-electron chi connectivity index (χ2n) is 15.8. The molecule has 2 atom stereocenters. The number of nitrogens with two attached hydrogens (primary N) is 1. The van der Waals surface area contributed by atoms with Gasteiger partial charge in [-0.1, -0.05) is 51.1 Å². The van der Waals surface area contributed by atoms with Gasteiger partial charge >= 0.3 is 5.97 Å². The third-order valence-corrected chi connectivity index (χ3v) is 10.8. The van der Waals surface area contributed by atoms with E-state index in [4.69, 9.17) is 5.73 Å². The molecule has 328 valence electrons. The quantitative estimate of drug-likeness (QED) is 0.0728. The van der Waals surface area contributed by atoms with Crippen molar-refractivity contribution in [3.63, 3.8) is 0 Å². The van der Waals surface area contributed by atoms with E-state index in [9.17, 15) is 43.1 Å². The van der Waals surface area contributed by atoms with Gasteiger partial charge in [0.05, 0.1) is 17.8 Å². The monoisotopic (exact) mass is 864 g/mol. The maximum absolute atomic E-state index is 15.1. The summed E-state index contributed by atoms with van der Waals surface area (Å²) in [4.78, 5) is 89.7. The Kier molecular flexibility index (Phi) is 17.9. The van der Waals surface area contributed by atoms with Crippen LogP contribution >= 0.6 is 11.8 Å². The molecule has 2 heterocycles. The zero-order valence-corrected chi connectivity index (χ0v) is 35.5. The Hall–Kier alpha value is -5.68. The second-order valence-corrected chi connectivity index (χ2v) is 16.9. The Morgan fingerprint density at radius 2 is 1.62 bits per heavy atom. The zero-order chi connectivity index (χ0) is 44.7. The van der Waals surface area contributed by atoms with E-state index in [1.54, 1.807) is 17.2 Å². The number of imide groups is 1. The van der Waals surface area contributed by atoms with Crippen molar-refractivity contribution in [2.24, 2.45) is 11.1 Å². The maximum Gasteiger partial charge on any atom is 0.303 e. The summed E-state index contributed by atoms with van der Waals surface area (Å²) in [5, 5.41) is 14.4. The van der Waals surface area contributed by atoms with Gasteiger partial charge in [-0.25, -0.2) is 8.78 Å². The van der Waals surface area contributed by atoms with E-state index >= 15 is 4.39 Å². The molecule has 0 unspecified atom stereocenters. The summed E-state index contributed by atoms with van der Waals surface area (Å²) in [6.45, 7) is 6.60. The van der Waals surface area contributed by atoms with Crippen LogP contribution in [0.3, 0.4) is 0 Å². The summed E-state index contributed by atoms with van der Waals surface area (Å²) >= 11 is 1.22. The summed E-state index contributed by atoms with van der Waals surface area (Å²) in [6, 6.07) is 13.1. The summed E-state index contributed by atoms with van der Waals surface area (Å²) in [5.41, 5.74) is 7.62. The average molecular weight is 865 g/mol. The van der Waals surface area contributed by atoms with E-state index in [0.717, 1.165) is 46.5 Å². The third-order valence-electron chi connectivity index (χ3n) is 9.89. The van der Waals surface area contributed by atoms with E-state index in [1.807, 2.05) is 55.7 Å². The van der Waals surface area contributed by atoms with Crippen LogP contribution < -0.4 is 16.4 Å². The van der Waals surface area contributed by atoms with Crippen LogP contribution in [0.25, 0.3) is 11.1 Å². The van der Waals surface area contributed by atoms with Crippen molar-refractivity contribution in [3.8, 4) is 11.1 Å². The average Bonchev–Trinajstić information content (AvgIpc) is 3.76. The van der Waals surface area contributed by atoms with Gasteiger partial charge in [0, 0.05) is 79.8 Å². The van der Waals surface area contributed by atoms with Gasteiger partial charge in [0.25, 0.3) is 11.8 Å². The summed E-state index contributed by atoms with van der Waals surface area (Å²) in [5.74, 6) is -5.06. The lowest BCUT2D eigenvalue weighted by Crippen LogP contribution is -2.44. The first-order valence-electron chi connectivity index (χ1n) is 20.1. The molecule has 5 amide bonds. The van der Waals surface area contributed by atoms with Crippen LogP contribution in [-0.2, 0) is 40.1 Å². The molecule has 3 aromatic rings. The molecule has 0 saturated heterocycles. The lowest BCUT2D eigenvalue weighted by atomic mass is 9.83. The first kappa shape index (κ1) is 48.0. The van der Waals surface area contributed by atoms with Gasteiger partial charge in [-0.05, 0) is 61.1 Å². The number of hydrogen-bond acceptors (Lipinski definition) is 9. The van der Waals surface area contributed by atoms with E-state index in [0.29, 0.717) is 31.6 Å². The first-order chi connectivity index (χ1) is 29.0. The third kappa shape index (κ3) is 14.5. The van der Waals surface area contributed by atoms with Gasteiger partial charge in [-0.15, -0.1) is 0 Å². The Bertz CT molecular complexity index is 2070. The molecule has 0 fully saturated rings. The highest BCUT2D eigenvalue weighted by Gasteiger charge is 2.37. The van der Waals surface area contributed by atoms with E-state index in [-0.39, 0.29) is 61.6 Å². The van der Waals surface area contributed by atoms with Crippen molar-refractivity contribution in [1.29, 1.82) is 0 Å². The van der Waals surface area contributed by atoms with E-state index in [1.165, 1.54) is 11.8 Å². The highest BCUT2D eigenvalue weighted by Crippen LogP contribution is 2.41. The van der Waals surface area contributed by atoms with Gasteiger partial charge in [0.2, 0.25) is 17.7 Å². The minimum atomic E-state index is -1.15. The number of aliphatic carboxylic acids is 1. The number of amides is 5. The van der Waals surface area contributed by atoms with Gasteiger partial charge in [0.15, 0.2) is 5.78 Å². The molecule has 17 heteroatoms. The number of carbonyl (C=O) groups is 7. The molecule has 1 aromatic heterocycles. The summed E-state index contributed by atoms with van der Waals surface area (Å²) in [6.07, 6.45) is 3.88. The van der Waals surface area contributed by atoms with Crippen molar-refractivity contribution < 1.29 is 47.4 Å². The molecular formula is C44H54F2N6O8S. The highest BCUT2D eigenvalue weighted by molar-refractivity contribution is 7.99. The topological polar surface area (TPSA) is 201 Å². The standard InChI is InChI=1S/C44H54F2N6O8S/c1-44(2,3)43(35-23-30(32-24-31(45)12-13-33(32)46)26-50(35)25-29-9-5-4-6-10-29)51(21-8-19-47)41(58)28-61-22-18-37(54)49-34(14-17-42(59)60)36(53)11-7-20-48-38(55)27-52-39(56)15-16-40(52)57/h4-6,9-10,12-13,15-16,23-24,26,34,43H,7-8,11,14,17-22,25,27-28,47H2,1-3H3,(H,48,55)(H,49,54)(H,59,60)/t34-,43-/m0/s1. The molecule has 1 aliphatic heterocycles. The lowest BCUT2D eigenvalue weighted by Gasteiger charge is -2.41. The normalized spacial score (nSPS) is 13.6. The Morgan fingerprint density at radius 1 is 0.918 bits per heavy atom. The Morgan fingerprint density at radius 3 is 2.28 bits per heavy atom. The van der Waals surface area contributed by atoms with Crippen molar-refractivity contribution in [2.75, 3.05) is 37.7 Å². The lowest BCUT2D eigenvalue weighted by molar-refractivity contribution is -0.141. The molecule has 0 saturated carbocycles. The SMILES string of the molecule is CC(C)(C)[C@H](c1cc(-c2cc(F)ccc2F)cn1Cc1ccccc1)N(CCCN)C(=O)CSCCC(=O)N[C@@H](CCC(=O)O)C(=O)CCCNC(=O)CN1C(=O)C=CC1=O. The van der Waals surface area contributed by atoms with Gasteiger partial charge in [-0.2, -0.15) is 11.8 Å². The van der Waals surface area contributed by atoms with Crippen LogP contribution in [-0.4, -0.2) is 104 Å². The zero-order valence-electron chi connectivity index (χ0n) is 34.7. The van der Waals surface area contributed by atoms with Crippen LogP contribution in [0.1, 0.15) is 76.6 Å². The molecule has 0 bridgehead atoms. The van der Waals surface area contributed by atoms with Crippen LogP contribution in [0.5, 0.6) is 0 Å². The predicted molar refractivity (Wildman–Crippen MR) is 227 cm³/mol. The number of aromatic nitrogens is 1. The second kappa shape index (κ2) is 22.8. The molecule has 0 radical (unpaired) electrons. The molecule has 14 nitrogen and oxygen atoms in total. The first-order valence-corrected chi connectivity index (χ1v) is 21.2. The fourth-order valence-corrected chi connectivity index (χ4v) is 7.79. The number of benzene rings is 2. The molecule has 0 aliphatic carbocycles. The Labute approximate surface area is 358 Å². The number of carboxylic acid groups (broad SMARTS) is 1. The van der Waals surface area contributed by atoms with Crippen LogP contribution in [0.2, 0.25) is 0 Å². The fraction of sp³-hybridized carbons (Fsp3) is 0.432. The van der Waals surface area contributed by atoms with E-state index in [2.05, 4.69) is 10.6 Å². The smallest absolute Gasteiger partial charge is 0.303 e. The number of Topliss-reactive ketones (excluding diaryl/α,β-unsaturated/α-hetero) is 1. The van der Waals surface area contributed by atoms with Crippen LogP contribution in [0.15, 0.2) is 72.9 Å². The number of ketones is 1. The molecule has 2 aromatic carbocycles. The maximum atomic E-state index is 15.1. The van der Waals surface area contributed by atoms with Gasteiger partial charge in [0.1, 0.15) is 18.2 Å². The number of carbonyl (C=O) groups excluding carboxylic acids is 6. The van der Waals surface area contributed by atoms with Crippen LogP contribution in [0, 0.1) is 17.0 Å². The van der Waals surface area contributed by atoms with Crippen molar-refractivity contribution in [2.45, 2.75) is 77.9 Å². The number of thioether (sulfide) groups is 1. The summed E-state index contributed by atoms with van der Waals surface area (Å²) < 4.78 is 31.5. The fourth-order valence-electron chi connectivity index (χ4n) is 6.98. The predicted octanol–water partition coefficient (Wildman–Crippen LogP) is 4.61. The molecule has 0 spiro atoms. The number of carboxylic acids is 1. The van der Waals surface area contributed by atoms with Gasteiger partial charge < -0.3 is 30.9 Å². The number of nitrogens with zero attached hydrogens (tertiary/aromatic N) is 3. The van der Waals surface area contributed by atoms with E-state index < -0.39 is 71.1 Å². The van der Waals surface area contributed by atoms with Crippen molar-refractivity contribution in [3.05, 3.63) is 95.8 Å². The molecule has 1 aliphatic rings. The number of halogens is 2. The molecular weight excluding hydrogens is 811 g/mol. The molecule has 5 N–H and O–H groups in total. The van der Waals surface area contributed by atoms with Gasteiger partial charge in [-0.3, -0.25) is 38.5 Å². The largest absolute Gasteiger partial charge is 0.481 e. The molecule has 4 rings (SSSR count). The molecule has 61 heavy (non-hydrogen) atoms. The number of hydrogen-bond donors (Lipinski definition) is 4. The van der Waals surface area contributed by atoms with Crippen molar-refractivity contribution >= 4 is 53.1 Å². The minimum absolute atomic E-state index is 0.00110. The number of nitrogens with one attached hydrogen (secondary N) is 2. The van der Waals surface area contributed by atoms with Crippen molar-refractivity contribution in [1.82, 2.24) is 25.0 Å².